The van der Waals surface area contributed by atoms with Crippen molar-refractivity contribution in [3.63, 3.8) is 0 Å². The van der Waals surface area contributed by atoms with Crippen molar-refractivity contribution in [2.45, 2.75) is 45.7 Å². The van der Waals surface area contributed by atoms with Crippen molar-refractivity contribution >= 4 is 15.9 Å². The Balaban J connectivity index is 2.01. The van der Waals surface area contributed by atoms with Gasteiger partial charge in [0.1, 0.15) is 11.6 Å². The molecule has 1 fully saturated rings. The van der Waals surface area contributed by atoms with Crippen LogP contribution in [0.3, 0.4) is 0 Å². The molecule has 0 spiro atoms. The Morgan fingerprint density at radius 1 is 1.26 bits per heavy atom. The van der Waals surface area contributed by atoms with Gasteiger partial charge in [-0.2, -0.15) is 0 Å². The van der Waals surface area contributed by atoms with Crippen molar-refractivity contribution in [2.75, 3.05) is 0 Å². The topological polar surface area (TPSA) is 12.0 Å². The highest BCUT2D eigenvalue weighted by Crippen LogP contribution is 2.29. The Morgan fingerprint density at radius 2 is 2.00 bits per heavy atom. The summed E-state index contributed by atoms with van der Waals surface area (Å²) in [5.41, 5.74) is 0.125. The Labute approximate surface area is 121 Å². The van der Waals surface area contributed by atoms with Crippen LogP contribution < -0.4 is 5.32 Å². The van der Waals surface area contributed by atoms with Crippen LogP contribution in [0.1, 0.15) is 38.7 Å². The van der Waals surface area contributed by atoms with Crippen LogP contribution in [0.15, 0.2) is 16.6 Å². The van der Waals surface area contributed by atoms with Crippen LogP contribution >= 0.6 is 15.9 Å². The largest absolute Gasteiger partial charge is 0.309 e. The molecule has 106 valence electrons. The minimum atomic E-state index is -0.496. The van der Waals surface area contributed by atoms with Crippen molar-refractivity contribution in [3.8, 4) is 0 Å². The van der Waals surface area contributed by atoms with E-state index >= 15 is 0 Å². The van der Waals surface area contributed by atoms with Gasteiger partial charge in [-0.3, -0.25) is 0 Å². The highest BCUT2D eigenvalue weighted by molar-refractivity contribution is 9.10. The van der Waals surface area contributed by atoms with Crippen molar-refractivity contribution in [1.29, 1.82) is 0 Å². The number of rotatable bonds is 3. The molecule has 1 aromatic carbocycles. The van der Waals surface area contributed by atoms with E-state index in [0.717, 1.165) is 12.3 Å². The van der Waals surface area contributed by atoms with Gasteiger partial charge in [0, 0.05) is 18.2 Å². The number of benzene rings is 1. The molecule has 1 nitrogen and oxygen atoms in total. The van der Waals surface area contributed by atoms with E-state index in [4.69, 9.17) is 0 Å². The summed E-state index contributed by atoms with van der Waals surface area (Å²) in [5, 5.41) is 3.32. The summed E-state index contributed by atoms with van der Waals surface area (Å²) >= 11 is 3.10. The molecule has 0 amide bonds. The summed E-state index contributed by atoms with van der Waals surface area (Å²) in [6.45, 7) is 4.72. The molecule has 4 heteroatoms. The van der Waals surface area contributed by atoms with E-state index in [1.807, 2.05) is 0 Å². The van der Waals surface area contributed by atoms with Crippen molar-refractivity contribution in [1.82, 2.24) is 5.32 Å². The van der Waals surface area contributed by atoms with E-state index in [2.05, 4.69) is 35.1 Å². The van der Waals surface area contributed by atoms with E-state index in [1.54, 1.807) is 0 Å². The molecule has 1 aliphatic rings. The number of halogens is 3. The fraction of sp³-hybridized carbons (Fsp3) is 0.600. The van der Waals surface area contributed by atoms with Gasteiger partial charge in [0.15, 0.2) is 0 Å². The van der Waals surface area contributed by atoms with E-state index in [-0.39, 0.29) is 12.1 Å². The highest BCUT2D eigenvalue weighted by atomic mass is 79.9. The summed E-state index contributed by atoms with van der Waals surface area (Å²) in [4.78, 5) is 0. The molecule has 1 aromatic rings. The zero-order chi connectivity index (χ0) is 14.0. The quantitative estimate of drug-likeness (QED) is 0.795. The van der Waals surface area contributed by atoms with Crippen LogP contribution in [0.4, 0.5) is 8.78 Å². The molecule has 1 saturated carbocycles. The average molecular weight is 332 g/mol. The molecule has 0 bridgehead atoms. The summed E-state index contributed by atoms with van der Waals surface area (Å²) in [6.07, 6.45) is 3.45. The molecule has 0 radical (unpaired) electrons. The summed E-state index contributed by atoms with van der Waals surface area (Å²) in [5.74, 6) is 0.337. The minimum absolute atomic E-state index is 0.125. The Hall–Kier alpha value is -0.480. The normalized spacial score (nSPS) is 27.5. The van der Waals surface area contributed by atoms with Gasteiger partial charge in [-0.15, -0.1) is 0 Å². The number of nitrogens with one attached hydrogen (secondary N) is 1. The van der Waals surface area contributed by atoms with Crippen molar-refractivity contribution < 1.29 is 8.78 Å². The molecule has 0 aromatic heterocycles. The average Bonchev–Trinajstić information content (AvgIpc) is 2.36. The molecular formula is C15H20BrF2N. The molecule has 2 rings (SSSR count). The smallest absolute Gasteiger partial charge is 0.144 e. The van der Waals surface area contributed by atoms with Crippen LogP contribution in [0, 0.1) is 23.5 Å². The molecule has 1 aliphatic carbocycles. The van der Waals surface area contributed by atoms with Gasteiger partial charge in [0.25, 0.3) is 0 Å². The third-order valence-electron chi connectivity index (χ3n) is 4.11. The van der Waals surface area contributed by atoms with Gasteiger partial charge < -0.3 is 5.32 Å². The first-order valence-electron chi connectivity index (χ1n) is 6.84. The maximum Gasteiger partial charge on any atom is 0.144 e. The maximum atomic E-state index is 13.8. The predicted molar refractivity (Wildman–Crippen MR) is 76.9 cm³/mol. The molecule has 3 atom stereocenters. The lowest BCUT2D eigenvalue weighted by Crippen LogP contribution is -2.38. The SMILES string of the molecule is CC1CCC(NCc2c(F)ccc(Br)c2F)C(C)C1. The molecule has 0 aliphatic heterocycles. The zero-order valence-corrected chi connectivity index (χ0v) is 12.9. The number of hydrogen-bond acceptors (Lipinski definition) is 1. The first-order chi connectivity index (χ1) is 8.99. The second-order valence-corrected chi connectivity index (χ2v) is 6.56. The molecule has 3 unspecified atom stereocenters. The lowest BCUT2D eigenvalue weighted by Gasteiger charge is -2.33. The lowest BCUT2D eigenvalue weighted by atomic mass is 9.80. The zero-order valence-electron chi connectivity index (χ0n) is 11.3. The summed E-state index contributed by atoms with van der Waals surface area (Å²) in [7, 11) is 0. The van der Waals surface area contributed by atoms with Crippen LogP contribution in [0.5, 0.6) is 0 Å². The van der Waals surface area contributed by atoms with Gasteiger partial charge in [0.2, 0.25) is 0 Å². The Morgan fingerprint density at radius 3 is 2.68 bits per heavy atom. The first kappa shape index (κ1) is 14.9. The second-order valence-electron chi connectivity index (χ2n) is 5.70. The first-order valence-corrected chi connectivity index (χ1v) is 7.64. The molecule has 1 N–H and O–H groups in total. The van der Waals surface area contributed by atoms with Crippen LogP contribution in [0.2, 0.25) is 0 Å². The summed E-state index contributed by atoms with van der Waals surface area (Å²) < 4.78 is 27.8. The van der Waals surface area contributed by atoms with Crippen LogP contribution in [0.25, 0.3) is 0 Å². The number of hydrogen-bond donors (Lipinski definition) is 1. The van der Waals surface area contributed by atoms with Gasteiger partial charge >= 0.3 is 0 Å². The monoisotopic (exact) mass is 331 g/mol. The molecule has 0 saturated heterocycles. The maximum absolute atomic E-state index is 13.8. The van der Waals surface area contributed by atoms with Gasteiger partial charge in [-0.25, -0.2) is 8.78 Å². The third-order valence-corrected chi connectivity index (χ3v) is 4.72. The molecule has 19 heavy (non-hydrogen) atoms. The van der Waals surface area contributed by atoms with Gasteiger partial charge in [-0.05, 0) is 59.2 Å². The van der Waals surface area contributed by atoms with E-state index < -0.39 is 11.6 Å². The Kier molecular flexibility index (Phi) is 4.96. The summed E-state index contributed by atoms with van der Waals surface area (Å²) in [6, 6.07) is 3.06. The van der Waals surface area contributed by atoms with E-state index in [9.17, 15) is 8.78 Å². The van der Waals surface area contributed by atoms with Crippen molar-refractivity contribution in [3.05, 3.63) is 33.8 Å². The fourth-order valence-corrected chi connectivity index (χ4v) is 3.30. The van der Waals surface area contributed by atoms with Crippen LogP contribution in [-0.4, -0.2) is 6.04 Å². The fourth-order valence-electron chi connectivity index (χ4n) is 2.93. The second kappa shape index (κ2) is 6.31. The lowest BCUT2D eigenvalue weighted by molar-refractivity contribution is 0.226. The predicted octanol–water partition coefficient (Wildman–Crippen LogP) is 4.64. The third kappa shape index (κ3) is 3.54. The van der Waals surface area contributed by atoms with Crippen LogP contribution in [-0.2, 0) is 6.54 Å². The molecule has 0 heterocycles. The molecular weight excluding hydrogens is 312 g/mol. The minimum Gasteiger partial charge on any atom is -0.309 e. The van der Waals surface area contributed by atoms with E-state index in [1.165, 1.54) is 25.0 Å². The van der Waals surface area contributed by atoms with Crippen molar-refractivity contribution in [2.24, 2.45) is 11.8 Å². The Bertz CT molecular complexity index is 450. The van der Waals surface area contributed by atoms with Gasteiger partial charge in [-0.1, -0.05) is 13.8 Å². The highest BCUT2D eigenvalue weighted by Gasteiger charge is 2.25. The van der Waals surface area contributed by atoms with Gasteiger partial charge in [0.05, 0.1) is 4.47 Å². The van der Waals surface area contributed by atoms with E-state index in [0.29, 0.717) is 16.4 Å². The standard InChI is InChI=1S/C15H20BrF2N/c1-9-3-6-14(10(2)7-9)19-8-11-13(17)5-4-12(16)15(11)18/h4-5,9-10,14,19H,3,6-8H2,1-2H3.